The molecule has 8 nitrogen and oxygen atoms in total. The molecule has 1 aromatic carbocycles. The van der Waals surface area contributed by atoms with Crippen molar-refractivity contribution in [3.8, 4) is 17.2 Å². The molecule has 0 spiro atoms. The van der Waals surface area contributed by atoms with E-state index < -0.39 is 0 Å². The molecule has 0 aliphatic carbocycles. The second-order valence-electron chi connectivity index (χ2n) is 6.70. The van der Waals surface area contributed by atoms with E-state index in [1.54, 1.807) is 26.2 Å². The molecule has 28 heavy (non-hydrogen) atoms. The van der Waals surface area contributed by atoms with Crippen LogP contribution in [0.15, 0.2) is 12.1 Å². The highest BCUT2D eigenvalue weighted by Crippen LogP contribution is 2.43. The Morgan fingerprint density at radius 3 is 2.18 bits per heavy atom. The summed E-state index contributed by atoms with van der Waals surface area (Å²) in [4.78, 5) is 26.8. The largest absolute Gasteiger partial charge is 0.493 e. The maximum absolute atomic E-state index is 12.8. The first-order valence-electron chi connectivity index (χ1n) is 9.60. The third-order valence-electron chi connectivity index (χ3n) is 4.94. The number of methoxy groups -OCH3 is 3. The van der Waals surface area contributed by atoms with Crippen LogP contribution in [0.2, 0.25) is 0 Å². The monoisotopic (exact) mass is 393 g/mol. The van der Waals surface area contributed by atoms with Crippen LogP contribution in [0.25, 0.3) is 0 Å². The van der Waals surface area contributed by atoms with Crippen molar-refractivity contribution in [2.45, 2.75) is 26.2 Å². The van der Waals surface area contributed by atoms with Gasteiger partial charge in [0, 0.05) is 32.1 Å². The lowest BCUT2D eigenvalue weighted by Crippen LogP contribution is -2.40. The molecule has 156 valence electrons. The molecule has 0 aromatic heterocycles. The Kier molecular flexibility index (Phi) is 7.78. The van der Waals surface area contributed by atoms with Crippen molar-refractivity contribution in [3.05, 3.63) is 17.7 Å². The Labute approximate surface area is 166 Å². The minimum atomic E-state index is -0.350. The van der Waals surface area contributed by atoms with Gasteiger partial charge in [0.05, 0.1) is 27.2 Å². The molecule has 0 radical (unpaired) electrons. The van der Waals surface area contributed by atoms with Gasteiger partial charge in [-0.2, -0.15) is 0 Å². The third kappa shape index (κ3) is 4.61. The average molecular weight is 393 g/mol. The molecule has 1 heterocycles. The topological polar surface area (TPSA) is 89.1 Å². The van der Waals surface area contributed by atoms with E-state index in [1.165, 1.54) is 0 Å². The van der Waals surface area contributed by atoms with Crippen molar-refractivity contribution >= 4 is 11.9 Å². The van der Waals surface area contributed by atoms with Crippen molar-refractivity contribution in [2.75, 3.05) is 47.5 Å². The van der Waals surface area contributed by atoms with Crippen molar-refractivity contribution in [1.29, 1.82) is 0 Å². The van der Waals surface area contributed by atoms with Gasteiger partial charge >= 0.3 is 6.03 Å². The number of nitrogens with zero attached hydrogens (tertiary/aromatic N) is 1. The smallest absolute Gasteiger partial charge is 0.317 e. The number of ether oxygens (including phenoxy) is 3. The molecule has 0 unspecified atom stereocenters. The Morgan fingerprint density at radius 1 is 1.04 bits per heavy atom. The summed E-state index contributed by atoms with van der Waals surface area (Å²) in [5, 5.41) is 5.77. The molecule has 1 aliphatic heterocycles. The maximum Gasteiger partial charge on any atom is 0.317 e. The minimum absolute atomic E-state index is 0.0487. The molecule has 1 aromatic rings. The number of hydrogen-bond donors (Lipinski definition) is 2. The number of carbonyl (C=O) groups is 2. The Morgan fingerprint density at radius 2 is 1.68 bits per heavy atom. The first-order valence-corrected chi connectivity index (χ1v) is 9.60. The van der Waals surface area contributed by atoms with E-state index in [0.717, 1.165) is 12.0 Å². The Hall–Kier alpha value is -2.64. The number of rotatable bonds is 8. The molecule has 2 N–H and O–H groups in total. The predicted octanol–water partition coefficient (Wildman–Crippen LogP) is 1.98. The van der Waals surface area contributed by atoms with Crippen LogP contribution >= 0.6 is 0 Å². The standard InChI is InChI=1S/C20H31N3O5/c1-6-8-22-19(24)15-12-23(20(25)21-7-2)11-14(15)13-9-16(26-3)18(28-5)17(10-13)27-4/h9-10,14-15H,6-8,11-12H2,1-5H3,(H,21,25)(H,22,24)/t14-,15+/m1/s1. The van der Waals surface area contributed by atoms with Crippen molar-refractivity contribution < 1.29 is 23.8 Å². The summed E-state index contributed by atoms with van der Waals surface area (Å²) >= 11 is 0. The zero-order valence-corrected chi connectivity index (χ0v) is 17.3. The van der Waals surface area contributed by atoms with Gasteiger partial charge in [-0.1, -0.05) is 6.92 Å². The average Bonchev–Trinajstić information content (AvgIpc) is 3.16. The molecule has 2 rings (SSSR count). The van der Waals surface area contributed by atoms with Crippen LogP contribution in [0.5, 0.6) is 17.2 Å². The molecule has 3 amide bonds. The fraction of sp³-hybridized carbons (Fsp3) is 0.600. The summed E-state index contributed by atoms with van der Waals surface area (Å²) in [6, 6.07) is 3.55. The summed E-state index contributed by atoms with van der Waals surface area (Å²) in [7, 11) is 4.66. The van der Waals surface area contributed by atoms with Gasteiger partial charge in [-0.3, -0.25) is 4.79 Å². The van der Waals surface area contributed by atoms with Gasteiger partial charge in [0.15, 0.2) is 11.5 Å². The second kappa shape index (κ2) is 10.1. The highest BCUT2D eigenvalue weighted by molar-refractivity contribution is 5.83. The van der Waals surface area contributed by atoms with Crippen LogP contribution in [0.4, 0.5) is 4.79 Å². The Balaban J connectivity index is 2.40. The lowest BCUT2D eigenvalue weighted by atomic mass is 9.88. The van der Waals surface area contributed by atoms with Gasteiger partial charge < -0.3 is 29.7 Å². The zero-order chi connectivity index (χ0) is 20.7. The van der Waals surface area contributed by atoms with E-state index in [-0.39, 0.29) is 23.8 Å². The number of carbonyl (C=O) groups excluding carboxylic acids is 2. The predicted molar refractivity (Wildman–Crippen MR) is 106 cm³/mol. The van der Waals surface area contributed by atoms with Gasteiger partial charge in [-0.05, 0) is 31.0 Å². The van der Waals surface area contributed by atoms with Crippen molar-refractivity contribution in [1.82, 2.24) is 15.5 Å². The summed E-state index contributed by atoms with van der Waals surface area (Å²) in [5.41, 5.74) is 0.873. The van der Waals surface area contributed by atoms with Crippen molar-refractivity contribution in [3.63, 3.8) is 0 Å². The van der Waals surface area contributed by atoms with Gasteiger partial charge in [0.1, 0.15) is 0 Å². The Bertz CT molecular complexity index is 669. The highest BCUT2D eigenvalue weighted by atomic mass is 16.5. The molecule has 0 bridgehead atoms. The first kappa shape index (κ1) is 21.7. The summed E-state index contributed by atoms with van der Waals surface area (Å²) < 4.78 is 16.3. The molecule has 8 heteroatoms. The number of hydrogen-bond acceptors (Lipinski definition) is 5. The van der Waals surface area contributed by atoms with Crippen molar-refractivity contribution in [2.24, 2.45) is 5.92 Å². The lowest BCUT2D eigenvalue weighted by Gasteiger charge is -2.21. The van der Waals surface area contributed by atoms with Gasteiger partial charge in [0.25, 0.3) is 0 Å². The SMILES string of the molecule is CCCNC(=O)[C@H]1CN(C(=O)NCC)C[C@@H]1c1cc(OC)c(OC)c(OC)c1. The zero-order valence-electron chi connectivity index (χ0n) is 17.3. The van der Waals surface area contributed by atoms with E-state index in [4.69, 9.17) is 14.2 Å². The van der Waals surface area contributed by atoms with E-state index >= 15 is 0 Å². The molecule has 1 fully saturated rings. The number of likely N-dealkylation sites (tertiary alicyclic amines) is 1. The number of nitrogens with one attached hydrogen (secondary N) is 2. The minimum Gasteiger partial charge on any atom is -0.493 e. The normalized spacial score (nSPS) is 18.5. The van der Waals surface area contributed by atoms with Crippen LogP contribution in [0, 0.1) is 5.92 Å². The van der Waals surface area contributed by atoms with Crippen LogP contribution in [0.1, 0.15) is 31.7 Å². The number of urea groups is 1. The van der Waals surface area contributed by atoms with Gasteiger partial charge in [-0.25, -0.2) is 4.79 Å². The molecular formula is C20H31N3O5. The maximum atomic E-state index is 12.8. The molecule has 0 saturated carbocycles. The van der Waals surface area contributed by atoms with E-state index in [0.29, 0.717) is 43.4 Å². The van der Waals surface area contributed by atoms with Gasteiger partial charge in [0.2, 0.25) is 11.7 Å². The number of benzene rings is 1. The summed E-state index contributed by atoms with van der Waals surface area (Å²) in [6.07, 6.45) is 0.855. The fourth-order valence-electron chi connectivity index (χ4n) is 3.53. The summed E-state index contributed by atoms with van der Waals surface area (Å²) in [5.74, 6) is 0.985. The van der Waals surface area contributed by atoms with Crippen LogP contribution in [-0.4, -0.2) is 64.3 Å². The summed E-state index contributed by atoms with van der Waals surface area (Å²) in [6.45, 7) is 5.83. The molecule has 1 aliphatic rings. The molecular weight excluding hydrogens is 362 g/mol. The lowest BCUT2D eigenvalue weighted by molar-refractivity contribution is -0.124. The van der Waals surface area contributed by atoms with E-state index in [1.807, 2.05) is 26.0 Å². The molecule has 2 atom stereocenters. The molecule has 1 saturated heterocycles. The third-order valence-corrected chi connectivity index (χ3v) is 4.94. The van der Waals surface area contributed by atoms with E-state index in [2.05, 4.69) is 10.6 Å². The number of amides is 3. The highest BCUT2D eigenvalue weighted by Gasteiger charge is 2.41. The quantitative estimate of drug-likeness (QED) is 0.705. The van der Waals surface area contributed by atoms with E-state index in [9.17, 15) is 9.59 Å². The van der Waals surface area contributed by atoms with Crippen LogP contribution in [-0.2, 0) is 4.79 Å². The fourth-order valence-corrected chi connectivity index (χ4v) is 3.53. The van der Waals surface area contributed by atoms with Crippen LogP contribution in [0.3, 0.4) is 0 Å². The van der Waals surface area contributed by atoms with Crippen LogP contribution < -0.4 is 24.8 Å². The van der Waals surface area contributed by atoms with Gasteiger partial charge in [-0.15, -0.1) is 0 Å². The first-order chi connectivity index (χ1) is 13.5. The second-order valence-corrected chi connectivity index (χ2v) is 6.70.